The maximum absolute atomic E-state index is 13.5. The van der Waals surface area contributed by atoms with Crippen LogP contribution in [0, 0.1) is 0 Å². The first kappa shape index (κ1) is 75.0. The molecule has 2 aliphatic rings. The zero-order valence-corrected chi connectivity index (χ0v) is 50.3. The lowest BCUT2D eigenvalue weighted by Gasteiger charge is -2.36. The van der Waals surface area contributed by atoms with Crippen molar-refractivity contribution >= 4 is 89.2 Å². The number of hydrogen-bond donors (Lipinski definition) is 16. The molecule has 2 heterocycles. The molecule has 0 spiro atoms. The second-order valence-corrected chi connectivity index (χ2v) is 31.4. The summed E-state index contributed by atoms with van der Waals surface area (Å²) in [6.07, 6.45) is -3.27. The van der Waals surface area contributed by atoms with Crippen LogP contribution in [0.5, 0.6) is 0 Å². The predicted molar refractivity (Wildman–Crippen MR) is 299 cm³/mol. The first-order valence-electron chi connectivity index (χ1n) is 27.3. The van der Waals surface area contributed by atoms with E-state index in [2.05, 4.69) is 31.1 Å². The molecule has 0 aromatic rings. The number of rotatable bonds is 38. The zero-order chi connectivity index (χ0) is 63.3. The van der Waals surface area contributed by atoms with Crippen LogP contribution < -0.4 is 31.9 Å². The number of carbonyl (C=O) groups is 10. The number of carboxylic acids is 6. The van der Waals surface area contributed by atoms with Crippen molar-refractivity contribution in [3.63, 3.8) is 0 Å². The van der Waals surface area contributed by atoms with E-state index >= 15 is 0 Å². The average molecular weight is 1290 g/mol. The number of unbranched alkanes of at least 4 members (excludes halogenated alkanes) is 2. The van der Waals surface area contributed by atoms with Gasteiger partial charge in [0.15, 0.2) is 0 Å². The van der Waals surface area contributed by atoms with Crippen LogP contribution in [0.15, 0.2) is 0 Å². The van der Waals surface area contributed by atoms with Crippen molar-refractivity contribution in [3.05, 3.63) is 0 Å². The number of amides is 6. The van der Waals surface area contributed by atoms with E-state index in [1.807, 2.05) is 10.6 Å². The molecule has 7 unspecified atom stereocenters. The molecular weight excluding hydrogens is 1200 g/mol. The summed E-state index contributed by atoms with van der Waals surface area (Å²) >= 11 is 0. The van der Waals surface area contributed by atoms with Gasteiger partial charge >= 0.3 is 47.9 Å². The fraction of sp³-hybridized carbons (Fsp3) is 0.783. The standard InChI is InChI=1S/C46H84N10O24P4/c57-37(47-15-3-1-7-33(41(63)64)49-45(71)51-35(43(67)68)9-11-39(59)60)13-27-81(73,74)31-83(77,78)29-55-19-5-17-54-22-21-53(23-25-55)18-6-20-56(26-24-54)30-84(79,80)32-82(75,76)28-14-38(58)48-16-4-2-8-34(42(65)66)50-46(72)52-36(44(69)70)10-12-40(61)62/h33-36H,1-32H2,(H,47,57)(H,48,58)(H,59,60)(H,61,62)(H,63,64)(H,65,66)(H,67,68)(H,69,70)(H,73,74)(H,75,76)(H,77,78)(H,79,80)(H2,49,51,71)(H2,50,52,72)/t33-,34?,35-,36-/m0/s1. The third-order valence-corrected chi connectivity index (χ3v) is 24.0. The number of fused-ring (bicyclic) bond motifs is 3. The summed E-state index contributed by atoms with van der Waals surface area (Å²) in [4.78, 5) is 168. The molecule has 0 aromatic heterocycles. The number of hydrogen-bond acceptors (Lipinski definition) is 18. The summed E-state index contributed by atoms with van der Waals surface area (Å²) in [5, 5.41) is 68.3. The van der Waals surface area contributed by atoms with Gasteiger partial charge in [0.1, 0.15) is 36.0 Å². The van der Waals surface area contributed by atoms with Crippen LogP contribution >= 0.6 is 29.5 Å². The largest absolute Gasteiger partial charge is 0.481 e. The van der Waals surface area contributed by atoms with Crippen LogP contribution in [0.25, 0.3) is 0 Å². The molecule has 0 aliphatic carbocycles. The van der Waals surface area contributed by atoms with Crippen LogP contribution in [0.1, 0.15) is 89.9 Å². The zero-order valence-electron chi connectivity index (χ0n) is 46.7. The average Bonchev–Trinajstić information content (AvgIpc) is 3.59. The van der Waals surface area contributed by atoms with E-state index in [4.69, 9.17) is 10.2 Å². The van der Waals surface area contributed by atoms with Crippen LogP contribution in [-0.4, -0.2) is 269 Å². The quantitative estimate of drug-likeness (QED) is 0.0271. The van der Waals surface area contributed by atoms with Crippen LogP contribution in [0.3, 0.4) is 0 Å². The minimum absolute atomic E-state index is 0.0162. The maximum atomic E-state index is 13.5. The molecule has 16 N–H and O–H groups in total. The van der Waals surface area contributed by atoms with Gasteiger partial charge in [0.25, 0.3) is 0 Å². The summed E-state index contributed by atoms with van der Waals surface area (Å²) in [6, 6.07) is -8.33. The second-order valence-electron chi connectivity index (χ2n) is 20.9. The number of carboxylic acid groups (broad SMARTS) is 6. The number of urea groups is 2. The number of aliphatic carboxylic acids is 6. The van der Waals surface area contributed by atoms with E-state index in [9.17, 15) is 106 Å². The van der Waals surface area contributed by atoms with E-state index in [-0.39, 0.29) is 64.2 Å². The van der Waals surface area contributed by atoms with Crippen molar-refractivity contribution < 1.29 is 116 Å². The lowest BCUT2D eigenvalue weighted by atomic mass is 10.1. The van der Waals surface area contributed by atoms with Gasteiger partial charge < -0.3 is 91.9 Å². The third kappa shape index (κ3) is 34.1. The van der Waals surface area contributed by atoms with E-state index in [1.54, 1.807) is 9.80 Å². The summed E-state index contributed by atoms with van der Waals surface area (Å²) in [6.45, 7) is 4.68. The van der Waals surface area contributed by atoms with Gasteiger partial charge in [-0.05, 0) is 90.4 Å². The Hall–Kier alpha value is -5.10. The molecule has 2 aliphatic heterocycles. The monoisotopic (exact) mass is 1280 g/mol. The van der Waals surface area contributed by atoms with Gasteiger partial charge in [-0.25, -0.2) is 28.8 Å². The maximum Gasteiger partial charge on any atom is 0.326 e. The highest BCUT2D eigenvalue weighted by atomic mass is 31.2. The van der Waals surface area contributed by atoms with Gasteiger partial charge in [-0.2, -0.15) is 0 Å². The molecule has 0 radical (unpaired) electrons. The smallest absolute Gasteiger partial charge is 0.326 e. The molecule has 482 valence electrons. The molecule has 2 rings (SSSR count). The fourth-order valence-electron chi connectivity index (χ4n) is 9.02. The predicted octanol–water partition coefficient (Wildman–Crippen LogP) is -0.593. The van der Waals surface area contributed by atoms with Crippen LogP contribution in [0.4, 0.5) is 9.59 Å². The van der Waals surface area contributed by atoms with Gasteiger partial charge in [-0.15, -0.1) is 0 Å². The van der Waals surface area contributed by atoms with E-state index in [1.165, 1.54) is 0 Å². The normalized spacial score (nSPS) is 20.6. The molecular formula is C46H84N10O24P4. The summed E-state index contributed by atoms with van der Waals surface area (Å²) in [5.74, 6) is -11.6. The Morgan fingerprint density at radius 1 is 0.381 bits per heavy atom. The van der Waals surface area contributed by atoms with Gasteiger partial charge in [0, 0.05) is 90.4 Å². The van der Waals surface area contributed by atoms with Crippen molar-refractivity contribution in [2.24, 2.45) is 0 Å². The van der Waals surface area contributed by atoms with E-state index < -0.39 is 176 Å². The van der Waals surface area contributed by atoms with Crippen molar-refractivity contribution in [1.82, 2.24) is 51.5 Å². The van der Waals surface area contributed by atoms with Crippen molar-refractivity contribution in [1.29, 1.82) is 0 Å². The molecule has 34 nitrogen and oxygen atoms in total. The lowest BCUT2D eigenvalue weighted by molar-refractivity contribution is -0.142. The Kier molecular flexibility index (Phi) is 33.4. The van der Waals surface area contributed by atoms with Crippen molar-refractivity contribution in [2.75, 3.05) is 115 Å². The first-order chi connectivity index (χ1) is 39.1. The Morgan fingerprint density at radius 2 is 0.690 bits per heavy atom. The molecule has 2 saturated heterocycles. The molecule has 2 fully saturated rings. The first-order valence-corrected chi connectivity index (χ1v) is 35.4. The van der Waals surface area contributed by atoms with Crippen molar-refractivity contribution in [2.45, 2.75) is 114 Å². The van der Waals surface area contributed by atoms with Gasteiger partial charge in [-0.3, -0.25) is 47.2 Å². The highest BCUT2D eigenvalue weighted by Gasteiger charge is 2.36. The number of carbonyl (C=O) groups excluding carboxylic acids is 4. The topological polar surface area (TPSA) is 526 Å². The number of nitrogens with one attached hydrogen (secondary N) is 6. The number of nitrogens with zero attached hydrogens (tertiary/aromatic N) is 4. The fourth-order valence-corrected chi connectivity index (χ4v) is 19.3. The molecule has 10 atom stereocenters. The van der Waals surface area contributed by atoms with Gasteiger partial charge in [-0.1, -0.05) is 0 Å². The molecule has 6 amide bonds. The summed E-state index contributed by atoms with van der Waals surface area (Å²) in [7, 11) is -17.1. The Labute approximate surface area is 485 Å². The Bertz CT molecular complexity index is 2280. The van der Waals surface area contributed by atoms with Gasteiger partial charge in [0.05, 0.1) is 12.6 Å². The molecule has 38 heteroatoms. The Morgan fingerprint density at radius 3 is 1.00 bits per heavy atom. The highest BCUT2D eigenvalue weighted by molar-refractivity contribution is 7.75. The minimum atomic E-state index is -4.30. The molecule has 0 aromatic carbocycles. The van der Waals surface area contributed by atoms with E-state index in [0.717, 1.165) is 0 Å². The van der Waals surface area contributed by atoms with Gasteiger partial charge in [0.2, 0.25) is 41.3 Å². The summed E-state index contributed by atoms with van der Waals surface area (Å²) in [5.41, 5.74) is 0. The Balaban J connectivity index is 1.79. The summed E-state index contributed by atoms with van der Waals surface area (Å²) < 4.78 is 53.3. The van der Waals surface area contributed by atoms with E-state index in [0.29, 0.717) is 78.3 Å². The molecule has 2 bridgehead atoms. The van der Waals surface area contributed by atoms with Crippen LogP contribution in [-0.2, 0) is 56.6 Å². The third-order valence-electron chi connectivity index (χ3n) is 13.4. The lowest BCUT2D eigenvalue weighted by Crippen LogP contribution is -2.51. The highest BCUT2D eigenvalue weighted by Crippen LogP contribution is 2.58. The van der Waals surface area contributed by atoms with Crippen LogP contribution in [0.2, 0.25) is 0 Å². The molecule has 0 saturated carbocycles. The second kappa shape index (κ2) is 37.5. The SMILES string of the molecule is O=C(O)CC[C@H](NC(=O)NC(CCCCNC(=O)CCP(=O)(O)CP(=O)(O)CN1CCCN2CCN(CCCN(CP(=O)(O)CP(=O)(O)CCC(=O)NCCCC[C@H](NC(=O)N[C@@H](CCC(=O)O)C(=O)O)C(=O)O)CC2)CC1)C(=O)O)C(=O)O. The minimum Gasteiger partial charge on any atom is -0.481 e. The van der Waals surface area contributed by atoms with Crippen molar-refractivity contribution in [3.8, 4) is 0 Å². The molecule has 84 heavy (non-hydrogen) atoms.